The molecule has 4 nitrogen and oxygen atoms in total. The number of carbonyl (C=O) groups excluding carboxylic acids is 1. The van der Waals surface area contributed by atoms with Gasteiger partial charge in [-0.3, -0.25) is 4.79 Å². The Morgan fingerprint density at radius 3 is 2.53 bits per heavy atom. The van der Waals surface area contributed by atoms with E-state index in [9.17, 15) is 9.90 Å². The molecular weight excluding hydrogens is 216 g/mol. The molecule has 0 bridgehead atoms. The van der Waals surface area contributed by atoms with Crippen molar-refractivity contribution in [3.63, 3.8) is 0 Å². The molecule has 0 saturated carbocycles. The first kappa shape index (κ1) is 13.5. The van der Waals surface area contributed by atoms with Crippen molar-refractivity contribution in [2.24, 2.45) is 11.1 Å². The van der Waals surface area contributed by atoms with E-state index in [-0.39, 0.29) is 17.1 Å². The van der Waals surface area contributed by atoms with Crippen LogP contribution >= 0.6 is 0 Å². The van der Waals surface area contributed by atoms with Crippen LogP contribution in [-0.2, 0) is 4.79 Å². The number of hydrogen-bond acceptors (Lipinski definition) is 3. The maximum Gasteiger partial charge on any atom is 0.241 e. The molecule has 17 heavy (non-hydrogen) atoms. The zero-order valence-electron chi connectivity index (χ0n) is 10.7. The summed E-state index contributed by atoms with van der Waals surface area (Å²) in [4.78, 5) is 11.9. The largest absolute Gasteiger partial charge is 0.506 e. The van der Waals surface area contributed by atoms with Gasteiger partial charge in [-0.1, -0.05) is 26.8 Å². The lowest BCUT2D eigenvalue weighted by Crippen LogP contribution is -2.45. The molecule has 1 amide bonds. The fourth-order valence-electron chi connectivity index (χ4n) is 1.35. The highest BCUT2D eigenvalue weighted by Crippen LogP contribution is 2.25. The minimum Gasteiger partial charge on any atom is -0.506 e. The Balaban J connectivity index is 2.85. The smallest absolute Gasteiger partial charge is 0.241 e. The molecule has 0 fully saturated rings. The second-order valence-electron chi connectivity index (χ2n) is 5.35. The number of benzene rings is 1. The molecule has 0 aliphatic rings. The van der Waals surface area contributed by atoms with Gasteiger partial charge in [-0.25, -0.2) is 0 Å². The molecule has 4 heteroatoms. The highest BCUT2D eigenvalue weighted by molar-refractivity contribution is 5.96. The molecule has 0 spiro atoms. The molecule has 1 aromatic rings. The van der Waals surface area contributed by atoms with Gasteiger partial charge in [0.1, 0.15) is 5.75 Å². The number of anilines is 1. The van der Waals surface area contributed by atoms with Crippen molar-refractivity contribution in [1.29, 1.82) is 0 Å². The summed E-state index contributed by atoms with van der Waals surface area (Å²) in [6.45, 7) is 7.58. The van der Waals surface area contributed by atoms with Gasteiger partial charge in [0.15, 0.2) is 0 Å². The molecule has 0 aliphatic heterocycles. The molecule has 0 unspecified atom stereocenters. The van der Waals surface area contributed by atoms with Gasteiger partial charge in [-0.2, -0.15) is 0 Å². The van der Waals surface area contributed by atoms with Crippen LogP contribution in [0.5, 0.6) is 5.75 Å². The van der Waals surface area contributed by atoms with Crippen LogP contribution in [0.1, 0.15) is 26.3 Å². The Kier molecular flexibility index (Phi) is 3.78. The molecule has 1 aromatic carbocycles. The zero-order chi connectivity index (χ0) is 13.2. The van der Waals surface area contributed by atoms with Crippen LogP contribution in [0.3, 0.4) is 0 Å². The summed E-state index contributed by atoms with van der Waals surface area (Å²) >= 11 is 0. The number of hydrogen-bond donors (Lipinski definition) is 3. The lowest BCUT2D eigenvalue weighted by atomic mass is 9.87. The summed E-state index contributed by atoms with van der Waals surface area (Å²) in [7, 11) is 0. The monoisotopic (exact) mass is 236 g/mol. The Morgan fingerprint density at radius 1 is 1.41 bits per heavy atom. The number of rotatable bonds is 2. The highest BCUT2D eigenvalue weighted by atomic mass is 16.3. The number of aromatic hydroxyl groups is 1. The lowest BCUT2D eigenvalue weighted by molar-refractivity contribution is -0.119. The molecule has 0 radical (unpaired) electrons. The second kappa shape index (κ2) is 4.75. The van der Waals surface area contributed by atoms with Gasteiger partial charge in [0.05, 0.1) is 11.7 Å². The normalized spacial score (nSPS) is 13.2. The van der Waals surface area contributed by atoms with Gasteiger partial charge in [-0.05, 0) is 30.0 Å². The predicted octanol–water partition coefficient (Wildman–Crippen LogP) is 2.01. The summed E-state index contributed by atoms with van der Waals surface area (Å²) in [5.41, 5.74) is 6.88. The zero-order valence-corrected chi connectivity index (χ0v) is 10.7. The van der Waals surface area contributed by atoms with Crippen molar-refractivity contribution >= 4 is 11.6 Å². The van der Waals surface area contributed by atoms with Gasteiger partial charge in [0.2, 0.25) is 5.91 Å². The van der Waals surface area contributed by atoms with Crippen LogP contribution in [-0.4, -0.2) is 17.1 Å². The van der Waals surface area contributed by atoms with Gasteiger partial charge in [0, 0.05) is 0 Å². The number of amides is 1. The minimum atomic E-state index is -0.623. The first-order chi connectivity index (χ1) is 7.71. The molecule has 1 atom stereocenters. The van der Waals surface area contributed by atoms with Crippen LogP contribution in [0, 0.1) is 12.3 Å². The molecule has 4 N–H and O–H groups in total. The number of nitrogens with two attached hydrogens (primary N) is 1. The maximum atomic E-state index is 11.9. The molecule has 1 rings (SSSR count). The van der Waals surface area contributed by atoms with E-state index in [0.717, 1.165) is 5.56 Å². The van der Waals surface area contributed by atoms with Crippen molar-refractivity contribution < 1.29 is 9.90 Å². The molecule has 0 aromatic heterocycles. The van der Waals surface area contributed by atoms with Crippen molar-refractivity contribution in [2.75, 3.05) is 5.32 Å². The van der Waals surface area contributed by atoms with Crippen LogP contribution in [0.2, 0.25) is 0 Å². The fraction of sp³-hybridized carbons (Fsp3) is 0.462. The third-order valence-electron chi connectivity index (χ3n) is 2.63. The van der Waals surface area contributed by atoms with E-state index in [2.05, 4.69) is 5.32 Å². The summed E-state index contributed by atoms with van der Waals surface area (Å²) in [5.74, 6) is -0.247. The quantitative estimate of drug-likeness (QED) is 0.687. The molecule has 0 heterocycles. The Labute approximate surface area is 102 Å². The van der Waals surface area contributed by atoms with Crippen LogP contribution in [0.4, 0.5) is 5.69 Å². The topological polar surface area (TPSA) is 75.3 Å². The number of nitrogens with one attached hydrogen (secondary N) is 1. The SMILES string of the molecule is Cc1ccc(O)c(NC(=O)[C@H](N)C(C)(C)C)c1. The van der Waals surface area contributed by atoms with E-state index in [1.54, 1.807) is 18.2 Å². The minimum absolute atomic E-state index is 0.0464. The van der Waals surface area contributed by atoms with Gasteiger partial charge in [0.25, 0.3) is 0 Å². The third-order valence-corrected chi connectivity index (χ3v) is 2.63. The van der Waals surface area contributed by atoms with Crippen molar-refractivity contribution in [3.05, 3.63) is 23.8 Å². The third kappa shape index (κ3) is 3.46. The van der Waals surface area contributed by atoms with E-state index in [0.29, 0.717) is 5.69 Å². The van der Waals surface area contributed by atoms with E-state index < -0.39 is 6.04 Å². The van der Waals surface area contributed by atoms with Gasteiger partial charge in [-0.15, -0.1) is 0 Å². The number of phenols is 1. The van der Waals surface area contributed by atoms with Crippen LogP contribution in [0.15, 0.2) is 18.2 Å². The fourth-order valence-corrected chi connectivity index (χ4v) is 1.35. The summed E-state index contributed by atoms with van der Waals surface area (Å²) in [6, 6.07) is 4.41. The number of aryl methyl sites for hydroxylation is 1. The Morgan fingerprint density at radius 2 is 2.00 bits per heavy atom. The average molecular weight is 236 g/mol. The average Bonchev–Trinajstić information content (AvgIpc) is 2.21. The molecular formula is C13H20N2O2. The second-order valence-corrected chi connectivity index (χ2v) is 5.35. The van der Waals surface area contributed by atoms with E-state index in [1.165, 1.54) is 0 Å². The summed E-state index contributed by atoms with van der Waals surface area (Å²) < 4.78 is 0. The van der Waals surface area contributed by atoms with E-state index in [1.807, 2.05) is 27.7 Å². The van der Waals surface area contributed by atoms with Crippen molar-refractivity contribution in [3.8, 4) is 5.75 Å². The summed E-state index contributed by atoms with van der Waals surface area (Å²) in [6.07, 6.45) is 0. The number of phenolic OH excluding ortho intramolecular Hbond substituents is 1. The predicted molar refractivity (Wildman–Crippen MR) is 68.9 cm³/mol. The maximum absolute atomic E-state index is 11.9. The molecule has 0 saturated heterocycles. The van der Waals surface area contributed by atoms with Crippen molar-refractivity contribution in [1.82, 2.24) is 0 Å². The first-order valence-electron chi connectivity index (χ1n) is 5.58. The standard InChI is InChI=1S/C13H20N2O2/c1-8-5-6-10(16)9(7-8)15-12(17)11(14)13(2,3)4/h5-7,11,16H,14H2,1-4H3,(H,15,17)/t11-/m0/s1. The number of carbonyl (C=O) groups is 1. The van der Waals surface area contributed by atoms with E-state index in [4.69, 9.17) is 5.73 Å². The van der Waals surface area contributed by atoms with E-state index >= 15 is 0 Å². The van der Waals surface area contributed by atoms with Crippen molar-refractivity contribution in [2.45, 2.75) is 33.7 Å². The molecule has 94 valence electrons. The van der Waals surface area contributed by atoms with Crippen LogP contribution in [0.25, 0.3) is 0 Å². The lowest BCUT2D eigenvalue weighted by Gasteiger charge is -2.26. The van der Waals surface area contributed by atoms with Gasteiger partial charge < -0.3 is 16.2 Å². The van der Waals surface area contributed by atoms with Crippen LogP contribution < -0.4 is 11.1 Å². The highest BCUT2D eigenvalue weighted by Gasteiger charge is 2.27. The summed E-state index contributed by atoms with van der Waals surface area (Å²) in [5, 5.41) is 12.3. The Bertz CT molecular complexity index is 422. The first-order valence-corrected chi connectivity index (χ1v) is 5.58. The Hall–Kier alpha value is -1.55. The molecule has 0 aliphatic carbocycles. The van der Waals surface area contributed by atoms with Gasteiger partial charge >= 0.3 is 0 Å².